The zero-order valence-electron chi connectivity index (χ0n) is 7.56. The van der Waals surface area contributed by atoms with Crippen molar-refractivity contribution < 1.29 is 9.21 Å². The van der Waals surface area contributed by atoms with E-state index in [9.17, 15) is 4.79 Å². The van der Waals surface area contributed by atoms with E-state index < -0.39 is 0 Å². The predicted molar refractivity (Wildman–Crippen MR) is 50.0 cm³/mol. The molecule has 1 saturated carbocycles. The van der Waals surface area contributed by atoms with Crippen molar-refractivity contribution in [2.24, 2.45) is 5.92 Å². The molecule has 70 valence electrons. The molecule has 0 radical (unpaired) electrons. The van der Waals surface area contributed by atoms with Gasteiger partial charge in [-0.1, -0.05) is 0 Å². The van der Waals surface area contributed by atoms with Crippen LogP contribution in [0.15, 0.2) is 28.4 Å². The maximum Gasteiger partial charge on any atom is 0.176 e. The first-order valence-corrected chi connectivity index (χ1v) is 4.51. The molecule has 1 aromatic heterocycles. The Bertz CT molecular complexity index is 405. The molecule has 0 amide bonds. The van der Waals surface area contributed by atoms with Crippen LogP contribution in [0.5, 0.6) is 0 Å². The molecule has 1 aliphatic carbocycles. The van der Waals surface area contributed by atoms with Crippen molar-refractivity contribution in [1.29, 1.82) is 5.26 Å². The minimum atomic E-state index is -0.0519. The fraction of sp³-hybridized carbons (Fsp3) is 0.273. The number of nitriles is 1. The van der Waals surface area contributed by atoms with E-state index in [0.717, 1.165) is 12.8 Å². The average molecular weight is 187 g/mol. The molecule has 0 bridgehead atoms. The largest absolute Gasteiger partial charge is 0.465 e. The zero-order chi connectivity index (χ0) is 9.97. The van der Waals surface area contributed by atoms with Crippen molar-refractivity contribution in [3.05, 3.63) is 29.7 Å². The number of ketones is 1. The average Bonchev–Trinajstić information content (AvgIpc) is 2.93. The van der Waals surface area contributed by atoms with Crippen molar-refractivity contribution in [3.63, 3.8) is 0 Å². The summed E-state index contributed by atoms with van der Waals surface area (Å²) in [4.78, 5) is 11.5. The van der Waals surface area contributed by atoms with Gasteiger partial charge < -0.3 is 4.42 Å². The highest BCUT2D eigenvalue weighted by molar-refractivity contribution is 6.05. The second kappa shape index (κ2) is 3.51. The molecule has 1 aliphatic rings. The molecule has 1 aromatic rings. The molecule has 0 aliphatic heterocycles. The smallest absolute Gasteiger partial charge is 0.176 e. The summed E-state index contributed by atoms with van der Waals surface area (Å²) in [5.41, 5.74) is 0.197. The van der Waals surface area contributed by atoms with Gasteiger partial charge in [0, 0.05) is 12.0 Å². The predicted octanol–water partition coefficient (Wildman–Crippen LogP) is 2.17. The topological polar surface area (TPSA) is 54.0 Å². The standard InChI is InChI=1S/C11H9NO2/c12-7-9(11(13)8-3-4-8)6-10-2-1-5-14-10/h1-2,5-6,8H,3-4H2/b9-6+. The van der Waals surface area contributed by atoms with Crippen LogP contribution < -0.4 is 0 Å². The molecular weight excluding hydrogens is 178 g/mol. The number of carbonyl (C=O) groups excluding carboxylic acids is 1. The second-order valence-corrected chi connectivity index (χ2v) is 3.32. The molecule has 0 N–H and O–H groups in total. The van der Waals surface area contributed by atoms with Crippen LogP contribution in [0.3, 0.4) is 0 Å². The second-order valence-electron chi connectivity index (χ2n) is 3.32. The number of hydrogen-bond acceptors (Lipinski definition) is 3. The fourth-order valence-electron chi connectivity index (χ4n) is 1.24. The Balaban J connectivity index is 2.21. The number of furan rings is 1. The van der Waals surface area contributed by atoms with Gasteiger partial charge in [-0.25, -0.2) is 0 Å². The number of allylic oxidation sites excluding steroid dienone is 1. The highest BCUT2D eigenvalue weighted by atomic mass is 16.3. The summed E-state index contributed by atoms with van der Waals surface area (Å²) in [6.45, 7) is 0. The minimum Gasteiger partial charge on any atom is -0.465 e. The van der Waals surface area contributed by atoms with E-state index in [1.807, 2.05) is 6.07 Å². The highest BCUT2D eigenvalue weighted by Crippen LogP contribution is 2.32. The van der Waals surface area contributed by atoms with Crippen LogP contribution in [0, 0.1) is 17.2 Å². The number of nitrogens with zero attached hydrogens (tertiary/aromatic N) is 1. The first-order valence-electron chi connectivity index (χ1n) is 4.51. The van der Waals surface area contributed by atoms with Crippen LogP contribution in [0.4, 0.5) is 0 Å². The molecule has 1 fully saturated rings. The lowest BCUT2D eigenvalue weighted by atomic mass is 10.1. The Morgan fingerprint density at radius 3 is 2.93 bits per heavy atom. The minimum absolute atomic E-state index is 0.0519. The fourth-order valence-corrected chi connectivity index (χ4v) is 1.24. The van der Waals surface area contributed by atoms with Crippen molar-refractivity contribution in [2.45, 2.75) is 12.8 Å². The van der Waals surface area contributed by atoms with E-state index in [1.54, 1.807) is 12.1 Å². The Hall–Kier alpha value is -1.82. The van der Waals surface area contributed by atoms with E-state index in [4.69, 9.17) is 9.68 Å². The van der Waals surface area contributed by atoms with Crippen molar-refractivity contribution in [3.8, 4) is 6.07 Å². The van der Waals surface area contributed by atoms with Gasteiger partial charge in [-0.15, -0.1) is 0 Å². The lowest BCUT2D eigenvalue weighted by Gasteiger charge is -1.93. The van der Waals surface area contributed by atoms with Crippen LogP contribution >= 0.6 is 0 Å². The molecule has 0 atom stereocenters. The summed E-state index contributed by atoms with van der Waals surface area (Å²) >= 11 is 0. The number of carbonyl (C=O) groups is 1. The van der Waals surface area contributed by atoms with Gasteiger partial charge >= 0.3 is 0 Å². The third-order valence-corrected chi connectivity index (χ3v) is 2.16. The maximum atomic E-state index is 11.5. The number of hydrogen-bond donors (Lipinski definition) is 0. The normalized spacial score (nSPS) is 16.4. The van der Waals surface area contributed by atoms with Gasteiger partial charge in [0.05, 0.1) is 11.8 Å². The summed E-state index contributed by atoms with van der Waals surface area (Å²) in [7, 11) is 0. The maximum absolute atomic E-state index is 11.5. The molecule has 0 aromatic carbocycles. The number of Topliss-reactive ketones (excluding diaryl/α,β-unsaturated/α-hetero) is 1. The van der Waals surface area contributed by atoms with Gasteiger partial charge in [-0.2, -0.15) is 5.26 Å². The molecule has 1 heterocycles. The number of rotatable bonds is 3. The summed E-state index contributed by atoms with van der Waals surface area (Å²) in [5, 5.41) is 8.79. The summed E-state index contributed by atoms with van der Waals surface area (Å²) in [6, 6.07) is 5.36. The van der Waals surface area contributed by atoms with Crippen molar-refractivity contribution >= 4 is 11.9 Å². The Morgan fingerprint density at radius 1 is 1.64 bits per heavy atom. The lowest BCUT2D eigenvalue weighted by Crippen LogP contribution is -2.02. The van der Waals surface area contributed by atoms with Gasteiger partial charge in [0.2, 0.25) is 0 Å². The van der Waals surface area contributed by atoms with Crippen LogP contribution in [0.25, 0.3) is 6.08 Å². The quantitative estimate of drug-likeness (QED) is 0.538. The first-order chi connectivity index (χ1) is 6.81. The van der Waals surface area contributed by atoms with E-state index in [1.165, 1.54) is 12.3 Å². The summed E-state index contributed by atoms with van der Waals surface area (Å²) < 4.78 is 5.04. The van der Waals surface area contributed by atoms with Gasteiger partial charge in [-0.3, -0.25) is 4.79 Å². The highest BCUT2D eigenvalue weighted by Gasteiger charge is 2.31. The molecule has 0 saturated heterocycles. The third kappa shape index (κ3) is 1.74. The van der Waals surface area contributed by atoms with Crippen LogP contribution in [0.1, 0.15) is 18.6 Å². The van der Waals surface area contributed by atoms with Gasteiger partial charge in [0.1, 0.15) is 11.8 Å². The molecule has 0 unspecified atom stereocenters. The van der Waals surface area contributed by atoms with E-state index in [2.05, 4.69) is 0 Å². The van der Waals surface area contributed by atoms with E-state index in [0.29, 0.717) is 5.76 Å². The summed E-state index contributed by atoms with van der Waals surface area (Å²) in [5.74, 6) is 0.579. The molecule has 3 nitrogen and oxygen atoms in total. The van der Waals surface area contributed by atoms with Crippen molar-refractivity contribution in [1.82, 2.24) is 0 Å². The van der Waals surface area contributed by atoms with Gasteiger partial charge in [0.15, 0.2) is 5.78 Å². The van der Waals surface area contributed by atoms with Crippen LogP contribution in [-0.4, -0.2) is 5.78 Å². The first kappa shape index (κ1) is 8.76. The molecule has 3 heteroatoms. The van der Waals surface area contributed by atoms with Gasteiger partial charge in [0.25, 0.3) is 0 Å². The van der Waals surface area contributed by atoms with Gasteiger partial charge in [-0.05, 0) is 25.0 Å². The zero-order valence-corrected chi connectivity index (χ0v) is 7.56. The molecule has 0 spiro atoms. The molecule has 14 heavy (non-hydrogen) atoms. The van der Waals surface area contributed by atoms with Crippen LogP contribution in [-0.2, 0) is 4.79 Å². The Kier molecular flexibility index (Phi) is 2.19. The molecular formula is C11H9NO2. The van der Waals surface area contributed by atoms with Crippen molar-refractivity contribution in [2.75, 3.05) is 0 Å². The van der Waals surface area contributed by atoms with E-state index >= 15 is 0 Å². The lowest BCUT2D eigenvalue weighted by molar-refractivity contribution is -0.116. The Morgan fingerprint density at radius 2 is 2.43 bits per heavy atom. The SMILES string of the molecule is N#C/C(=C\c1ccco1)C(=O)C1CC1. The molecule has 2 rings (SSSR count). The monoisotopic (exact) mass is 187 g/mol. The van der Waals surface area contributed by atoms with Crippen LogP contribution in [0.2, 0.25) is 0 Å². The third-order valence-electron chi connectivity index (χ3n) is 2.16. The Labute approximate surface area is 81.6 Å². The van der Waals surface area contributed by atoms with E-state index in [-0.39, 0.29) is 17.3 Å². The summed E-state index contributed by atoms with van der Waals surface area (Å²) in [6.07, 6.45) is 4.84.